The molecule has 2 aromatic carbocycles. The quantitative estimate of drug-likeness (QED) is 0.532. The van der Waals surface area contributed by atoms with Gasteiger partial charge in [-0.15, -0.1) is 0 Å². The fourth-order valence-corrected chi connectivity index (χ4v) is 3.28. The first kappa shape index (κ1) is 17.4. The predicted octanol–water partition coefficient (Wildman–Crippen LogP) is 4.04. The zero-order valence-corrected chi connectivity index (χ0v) is 15.4. The third kappa shape index (κ3) is 4.04. The van der Waals surface area contributed by atoms with E-state index in [2.05, 4.69) is 15.4 Å². The SMILES string of the molecule is O=C(NCCc1c[nH]c2ccc(Cl)cc12)c1ccc(Cn2cccn2)cc1. The average Bonchev–Trinajstić information content (AvgIpc) is 3.32. The largest absolute Gasteiger partial charge is 0.361 e. The van der Waals surface area contributed by atoms with Crippen LogP contribution < -0.4 is 5.32 Å². The molecule has 27 heavy (non-hydrogen) atoms. The third-order valence-corrected chi connectivity index (χ3v) is 4.76. The first-order valence-corrected chi connectivity index (χ1v) is 9.17. The molecule has 2 heterocycles. The van der Waals surface area contributed by atoms with Crippen LogP contribution in [0.5, 0.6) is 0 Å². The number of aromatic nitrogens is 3. The van der Waals surface area contributed by atoms with Crippen LogP contribution in [0.1, 0.15) is 21.5 Å². The maximum atomic E-state index is 12.4. The van der Waals surface area contributed by atoms with Crippen molar-refractivity contribution in [3.8, 4) is 0 Å². The number of fused-ring (bicyclic) bond motifs is 1. The summed E-state index contributed by atoms with van der Waals surface area (Å²) in [6.07, 6.45) is 6.38. The van der Waals surface area contributed by atoms with Crippen LogP contribution in [-0.2, 0) is 13.0 Å². The van der Waals surface area contributed by atoms with Crippen LogP contribution in [0.3, 0.4) is 0 Å². The molecule has 4 aromatic rings. The number of carbonyl (C=O) groups excluding carboxylic acids is 1. The number of carbonyl (C=O) groups is 1. The summed E-state index contributed by atoms with van der Waals surface area (Å²) in [7, 11) is 0. The average molecular weight is 379 g/mol. The van der Waals surface area contributed by atoms with Gasteiger partial charge >= 0.3 is 0 Å². The Morgan fingerprint density at radius 1 is 1.19 bits per heavy atom. The van der Waals surface area contributed by atoms with Gasteiger partial charge in [0, 0.05) is 46.6 Å². The number of hydrogen-bond acceptors (Lipinski definition) is 2. The number of nitrogens with one attached hydrogen (secondary N) is 2. The molecule has 5 nitrogen and oxygen atoms in total. The molecular weight excluding hydrogens is 360 g/mol. The summed E-state index contributed by atoms with van der Waals surface area (Å²) >= 11 is 6.08. The van der Waals surface area contributed by atoms with Gasteiger partial charge in [0.25, 0.3) is 5.91 Å². The highest BCUT2D eigenvalue weighted by Gasteiger charge is 2.08. The molecule has 2 N–H and O–H groups in total. The van der Waals surface area contributed by atoms with E-state index in [0.717, 1.165) is 28.5 Å². The molecule has 0 atom stereocenters. The molecule has 0 aliphatic heterocycles. The number of amides is 1. The van der Waals surface area contributed by atoms with Gasteiger partial charge in [-0.25, -0.2) is 0 Å². The molecule has 0 fully saturated rings. The normalized spacial score (nSPS) is 11.0. The van der Waals surface area contributed by atoms with Crippen LogP contribution in [0.2, 0.25) is 5.02 Å². The van der Waals surface area contributed by atoms with Crippen LogP contribution in [0.4, 0.5) is 0 Å². The molecule has 0 saturated carbocycles. The van der Waals surface area contributed by atoms with Gasteiger partial charge in [0.05, 0.1) is 6.54 Å². The van der Waals surface area contributed by atoms with Crippen LogP contribution in [0.25, 0.3) is 10.9 Å². The van der Waals surface area contributed by atoms with Crippen LogP contribution in [0, 0.1) is 0 Å². The van der Waals surface area contributed by atoms with E-state index >= 15 is 0 Å². The maximum absolute atomic E-state index is 12.4. The Labute approximate surface area is 162 Å². The van der Waals surface area contributed by atoms with Crippen LogP contribution in [-0.4, -0.2) is 27.2 Å². The fraction of sp³-hybridized carbons (Fsp3) is 0.143. The monoisotopic (exact) mass is 378 g/mol. The van der Waals surface area contributed by atoms with E-state index in [0.29, 0.717) is 23.7 Å². The lowest BCUT2D eigenvalue weighted by atomic mass is 10.1. The minimum Gasteiger partial charge on any atom is -0.361 e. The van der Waals surface area contributed by atoms with Crippen molar-refractivity contribution in [3.63, 3.8) is 0 Å². The van der Waals surface area contributed by atoms with Crippen molar-refractivity contribution in [2.24, 2.45) is 0 Å². The van der Waals surface area contributed by atoms with Crippen molar-refractivity contribution in [1.82, 2.24) is 20.1 Å². The van der Waals surface area contributed by atoms with Crippen molar-refractivity contribution in [2.75, 3.05) is 6.54 Å². The summed E-state index contributed by atoms with van der Waals surface area (Å²) in [5.74, 6) is -0.0708. The van der Waals surface area contributed by atoms with Gasteiger partial charge in [0.2, 0.25) is 0 Å². The number of H-pyrrole nitrogens is 1. The van der Waals surface area contributed by atoms with E-state index in [4.69, 9.17) is 11.6 Å². The number of benzene rings is 2. The molecular formula is C21H19ClN4O. The first-order chi connectivity index (χ1) is 13.2. The Hall–Kier alpha value is -3.05. The van der Waals surface area contributed by atoms with Crippen molar-refractivity contribution in [1.29, 1.82) is 0 Å². The van der Waals surface area contributed by atoms with Gasteiger partial charge in [0.15, 0.2) is 0 Å². The summed E-state index contributed by atoms with van der Waals surface area (Å²) in [6.45, 7) is 1.26. The highest BCUT2D eigenvalue weighted by atomic mass is 35.5. The number of aromatic amines is 1. The van der Waals surface area contributed by atoms with Crippen LogP contribution >= 0.6 is 11.6 Å². The first-order valence-electron chi connectivity index (χ1n) is 8.79. The number of hydrogen-bond donors (Lipinski definition) is 2. The molecule has 0 aliphatic rings. The fourth-order valence-electron chi connectivity index (χ4n) is 3.11. The lowest BCUT2D eigenvalue weighted by Gasteiger charge is -2.07. The lowest BCUT2D eigenvalue weighted by molar-refractivity contribution is 0.0954. The van der Waals surface area contributed by atoms with E-state index in [-0.39, 0.29) is 5.91 Å². The van der Waals surface area contributed by atoms with E-state index < -0.39 is 0 Å². The molecule has 0 radical (unpaired) electrons. The van der Waals surface area contributed by atoms with Gasteiger partial charge in [0.1, 0.15) is 0 Å². The van der Waals surface area contributed by atoms with Gasteiger partial charge in [-0.2, -0.15) is 5.10 Å². The molecule has 4 rings (SSSR count). The second-order valence-corrected chi connectivity index (χ2v) is 6.85. The standard InChI is InChI=1S/C21H19ClN4O/c22-18-6-7-20-19(12-18)17(13-24-20)8-10-23-21(27)16-4-2-15(3-5-16)14-26-11-1-9-25-26/h1-7,9,11-13,24H,8,10,14H2,(H,23,27). The van der Waals surface area contributed by atoms with Gasteiger partial charge in [-0.05, 0) is 53.9 Å². The lowest BCUT2D eigenvalue weighted by Crippen LogP contribution is -2.25. The van der Waals surface area contributed by atoms with Crippen molar-refractivity contribution < 1.29 is 4.79 Å². The van der Waals surface area contributed by atoms with Gasteiger partial charge in [-0.1, -0.05) is 23.7 Å². The number of halogens is 1. The highest BCUT2D eigenvalue weighted by Crippen LogP contribution is 2.22. The smallest absolute Gasteiger partial charge is 0.251 e. The summed E-state index contributed by atoms with van der Waals surface area (Å²) in [4.78, 5) is 15.6. The molecule has 0 unspecified atom stereocenters. The molecule has 6 heteroatoms. The van der Waals surface area contributed by atoms with Gasteiger partial charge in [-0.3, -0.25) is 9.48 Å². The van der Waals surface area contributed by atoms with E-state index in [1.54, 1.807) is 6.20 Å². The molecule has 0 spiro atoms. The topological polar surface area (TPSA) is 62.7 Å². The second kappa shape index (κ2) is 7.68. The Kier molecular flexibility index (Phi) is 4.94. The van der Waals surface area contributed by atoms with Crippen molar-refractivity contribution >= 4 is 28.4 Å². The molecule has 0 bridgehead atoms. The number of rotatable bonds is 6. The number of nitrogens with zero attached hydrogens (tertiary/aromatic N) is 2. The molecule has 0 saturated heterocycles. The Balaban J connectivity index is 1.34. The maximum Gasteiger partial charge on any atom is 0.251 e. The minimum absolute atomic E-state index is 0.0708. The van der Waals surface area contributed by atoms with Crippen molar-refractivity contribution in [2.45, 2.75) is 13.0 Å². The molecule has 1 amide bonds. The summed E-state index contributed by atoms with van der Waals surface area (Å²) in [5.41, 5.74) is 3.95. The molecule has 2 aromatic heterocycles. The van der Waals surface area contributed by atoms with Crippen LogP contribution in [0.15, 0.2) is 67.1 Å². The van der Waals surface area contributed by atoms with Crippen molar-refractivity contribution in [3.05, 3.63) is 88.8 Å². The van der Waals surface area contributed by atoms with E-state index in [1.807, 2.05) is 65.6 Å². The Bertz CT molecular complexity index is 1050. The van der Waals surface area contributed by atoms with E-state index in [1.165, 1.54) is 0 Å². The third-order valence-electron chi connectivity index (χ3n) is 4.53. The summed E-state index contributed by atoms with van der Waals surface area (Å²) in [5, 5.41) is 8.97. The Morgan fingerprint density at radius 3 is 2.81 bits per heavy atom. The predicted molar refractivity (Wildman–Crippen MR) is 107 cm³/mol. The molecule has 0 aliphatic carbocycles. The zero-order chi connectivity index (χ0) is 18.6. The summed E-state index contributed by atoms with van der Waals surface area (Å²) in [6, 6.07) is 15.3. The minimum atomic E-state index is -0.0708. The van der Waals surface area contributed by atoms with Gasteiger partial charge < -0.3 is 10.3 Å². The molecule has 136 valence electrons. The summed E-state index contributed by atoms with van der Waals surface area (Å²) < 4.78 is 1.85. The Morgan fingerprint density at radius 2 is 2.04 bits per heavy atom. The second-order valence-electron chi connectivity index (χ2n) is 6.41. The zero-order valence-electron chi connectivity index (χ0n) is 14.7. The highest BCUT2D eigenvalue weighted by molar-refractivity contribution is 6.31. The van der Waals surface area contributed by atoms with E-state index in [9.17, 15) is 4.79 Å².